The Morgan fingerprint density at radius 3 is 2.90 bits per heavy atom. The minimum atomic E-state index is 0.285. The smallest absolute Gasteiger partial charge is 0.231 e. The molecule has 4 heteroatoms. The van der Waals surface area contributed by atoms with E-state index in [1.54, 1.807) is 0 Å². The van der Waals surface area contributed by atoms with Crippen LogP contribution in [0, 0.1) is 5.41 Å². The molecule has 2 heterocycles. The molecule has 20 heavy (non-hydrogen) atoms. The molecular formula is C16H19N3O. The summed E-state index contributed by atoms with van der Waals surface area (Å²) in [5.74, 6) is 2.44. The van der Waals surface area contributed by atoms with E-state index in [1.807, 2.05) is 0 Å². The number of anilines is 1. The van der Waals surface area contributed by atoms with Crippen molar-refractivity contribution in [1.29, 1.82) is 0 Å². The van der Waals surface area contributed by atoms with Gasteiger partial charge in [0.05, 0.1) is 5.92 Å². The Labute approximate surface area is 118 Å². The van der Waals surface area contributed by atoms with Crippen LogP contribution in [0.2, 0.25) is 0 Å². The maximum absolute atomic E-state index is 5.51. The van der Waals surface area contributed by atoms with Crippen molar-refractivity contribution < 1.29 is 4.52 Å². The van der Waals surface area contributed by atoms with E-state index in [1.165, 1.54) is 11.3 Å². The van der Waals surface area contributed by atoms with Crippen LogP contribution in [0.15, 0.2) is 28.8 Å². The molecule has 0 amide bonds. The van der Waals surface area contributed by atoms with Gasteiger partial charge in [-0.15, -0.1) is 0 Å². The fourth-order valence-electron chi connectivity index (χ4n) is 3.08. The molecule has 0 radical (unpaired) electrons. The lowest BCUT2D eigenvalue weighted by atomic mass is 9.94. The average molecular weight is 269 g/mol. The molecule has 1 fully saturated rings. The number of hydrogen-bond acceptors (Lipinski definition) is 4. The molecule has 1 aliphatic heterocycles. The first-order valence-electron chi connectivity index (χ1n) is 7.29. The second-order valence-corrected chi connectivity index (χ2v) is 6.68. The van der Waals surface area contributed by atoms with Gasteiger partial charge in [-0.05, 0) is 29.9 Å². The van der Waals surface area contributed by atoms with Crippen molar-refractivity contribution in [3.8, 4) is 0 Å². The van der Waals surface area contributed by atoms with Gasteiger partial charge in [0.2, 0.25) is 5.89 Å². The van der Waals surface area contributed by atoms with Gasteiger partial charge < -0.3 is 9.84 Å². The normalized spacial score (nSPS) is 26.7. The SMILES string of the molecule is CC1(C)CC1c1noc(C2CNc3ccccc3C2)n1. The fourth-order valence-corrected chi connectivity index (χ4v) is 3.08. The summed E-state index contributed by atoms with van der Waals surface area (Å²) in [7, 11) is 0. The minimum absolute atomic E-state index is 0.285. The van der Waals surface area contributed by atoms with Crippen LogP contribution in [0.4, 0.5) is 5.69 Å². The standard InChI is InChI=1S/C16H19N3O/c1-16(2)8-12(16)14-18-15(20-19-14)11-7-10-5-3-4-6-13(10)17-9-11/h3-6,11-12,17H,7-9H2,1-2H3. The fraction of sp³-hybridized carbons (Fsp3) is 0.500. The van der Waals surface area contributed by atoms with Gasteiger partial charge >= 0.3 is 0 Å². The van der Waals surface area contributed by atoms with E-state index in [4.69, 9.17) is 4.52 Å². The van der Waals surface area contributed by atoms with Gasteiger partial charge in [0.25, 0.3) is 0 Å². The van der Waals surface area contributed by atoms with Crippen LogP contribution in [0.1, 0.15) is 49.4 Å². The number of hydrogen-bond donors (Lipinski definition) is 1. The zero-order chi connectivity index (χ0) is 13.7. The quantitative estimate of drug-likeness (QED) is 0.908. The molecule has 0 spiro atoms. The molecule has 1 aromatic carbocycles. The number of aromatic nitrogens is 2. The highest BCUT2D eigenvalue weighted by atomic mass is 16.5. The lowest BCUT2D eigenvalue weighted by molar-refractivity contribution is 0.349. The molecule has 4 rings (SSSR count). The summed E-state index contributed by atoms with van der Waals surface area (Å²) < 4.78 is 5.51. The number of fused-ring (bicyclic) bond motifs is 1. The first kappa shape index (κ1) is 11.9. The highest BCUT2D eigenvalue weighted by Gasteiger charge is 2.49. The van der Waals surface area contributed by atoms with Crippen molar-refractivity contribution in [2.45, 2.75) is 38.5 Å². The van der Waals surface area contributed by atoms with E-state index in [9.17, 15) is 0 Å². The highest BCUT2D eigenvalue weighted by molar-refractivity contribution is 5.53. The van der Waals surface area contributed by atoms with Gasteiger partial charge in [0.1, 0.15) is 0 Å². The molecule has 1 saturated carbocycles. The van der Waals surface area contributed by atoms with E-state index in [2.05, 4.69) is 53.6 Å². The second-order valence-electron chi connectivity index (χ2n) is 6.68. The van der Waals surface area contributed by atoms with Crippen LogP contribution in [0.25, 0.3) is 0 Å². The topological polar surface area (TPSA) is 51.0 Å². The Bertz CT molecular complexity index is 647. The first-order chi connectivity index (χ1) is 9.63. The summed E-state index contributed by atoms with van der Waals surface area (Å²) in [5, 5.41) is 7.64. The summed E-state index contributed by atoms with van der Waals surface area (Å²) in [6.45, 7) is 5.38. The lowest BCUT2D eigenvalue weighted by Crippen LogP contribution is -2.21. The molecule has 4 nitrogen and oxygen atoms in total. The van der Waals surface area contributed by atoms with E-state index in [0.717, 1.165) is 31.1 Å². The number of para-hydroxylation sites is 1. The van der Waals surface area contributed by atoms with Crippen molar-refractivity contribution in [1.82, 2.24) is 10.1 Å². The van der Waals surface area contributed by atoms with Crippen LogP contribution in [-0.2, 0) is 6.42 Å². The Morgan fingerprint density at radius 2 is 2.10 bits per heavy atom. The second kappa shape index (κ2) is 4.08. The summed E-state index contributed by atoms with van der Waals surface area (Å²) in [4.78, 5) is 4.65. The average Bonchev–Trinajstić information content (AvgIpc) is 2.90. The summed E-state index contributed by atoms with van der Waals surface area (Å²) >= 11 is 0. The third-order valence-corrected chi connectivity index (χ3v) is 4.65. The Morgan fingerprint density at radius 1 is 1.30 bits per heavy atom. The molecule has 1 N–H and O–H groups in total. The molecule has 0 bridgehead atoms. The van der Waals surface area contributed by atoms with Crippen molar-refractivity contribution in [2.75, 3.05) is 11.9 Å². The summed E-state index contributed by atoms with van der Waals surface area (Å²) in [6.07, 6.45) is 2.14. The van der Waals surface area contributed by atoms with Gasteiger partial charge in [0, 0.05) is 18.2 Å². The highest BCUT2D eigenvalue weighted by Crippen LogP contribution is 2.57. The molecule has 104 valence electrons. The van der Waals surface area contributed by atoms with Gasteiger partial charge in [-0.3, -0.25) is 0 Å². The van der Waals surface area contributed by atoms with Crippen LogP contribution in [0.5, 0.6) is 0 Å². The van der Waals surface area contributed by atoms with Gasteiger partial charge in [0.15, 0.2) is 5.82 Å². The molecule has 1 aliphatic carbocycles. The number of nitrogens with one attached hydrogen (secondary N) is 1. The van der Waals surface area contributed by atoms with Crippen molar-refractivity contribution in [3.05, 3.63) is 41.5 Å². The van der Waals surface area contributed by atoms with Gasteiger partial charge in [-0.2, -0.15) is 4.98 Å². The summed E-state index contributed by atoms with van der Waals surface area (Å²) in [6, 6.07) is 8.42. The number of rotatable bonds is 2. The van der Waals surface area contributed by atoms with E-state index in [0.29, 0.717) is 11.3 Å². The molecule has 2 aliphatic rings. The molecule has 0 saturated heterocycles. The lowest BCUT2D eigenvalue weighted by Gasteiger charge is -2.23. The van der Waals surface area contributed by atoms with Crippen molar-refractivity contribution in [2.24, 2.45) is 5.41 Å². The van der Waals surface area contributed by atoms with Crippen molar-refractivity contribution >= 4 is 5.69 Å². The zero-order valence-corrected chi connectivity index (χ0v) is 11.9. The maximum Gasteiger partial charge on any atom is 0.231 e. The van der Waals surface area contributed by atoms with E-state index in [-0.39, 0.29) is 5.92 Å². The minimum Gasteiger partial charge on any atom is -0.384 e. The maximum atomic E-state index is 5.51. The molecular weight excluding hydrogens is 250 g/mol. The number of nitrogens with zero attached hydrogens (tertiary/aromatic N) is 2. The van der Waals surface area contributed by atoms with E-state index < -0.39 is 0 Å². The summed E-state index contributed by atoms with van der Waals surface area (Å²) in [5.41, 5.74) is 2.90. The number of benzene rings is 1. The van der Waals surface area contributed by atoms with Crippen LogP contribution < -0.4 is 5.32 Å². The molecule has 1 aromatic heterocycles. The molecule has 2 aromatic rings. The predicted molar refractivity (Wildman–Crippen MR) is 76.8 cm³/mol. The van der Waals surface area contributed by atoms with Gasteiger partial charge in [-0.1, -0.05) is 37.2 Å². The predicted octanol–water partition coefficient (Wildman–Crippen LogP) is 3.33. The zero-order valence-electron chi connectivity index (χ0n) is 11.9. The van der Waals surface area contributed by atoms with Crippen LogP contribution >= 0.6 is 0 Å². The Kier molecular flexibility index (Phi) is 2.43. The largest absolute Gasteiger partial charge is 0.384 e. The molecule has 2 unspecified atom stereocenters. The monoisotopic (exact) mass is 269 g/mol. The van der Waals surface area contributed by atoms with Crippen molar-refractivity contribution in [3.63, 3.8) is 0 Å². The third-order valence-electron chi connectivity index (χ3n) is 4.65. The molecule has 2 atom stereocenters. The van der Waals surface area contributed by atoms with Crippen LogP contribution in [0.3, 0.4) is 0 Å². The van der Waals surface area contributed by atoms with Crippen LogP contribution in [-0.4, -0.2) is 16.7 Å². The van der Waals surface area contributed by atoms with Gasteiger partial charge in [-0.25, -0.2) is 0 Å². The van der Waals surface area contributed by atoms with E-state index >= 15 is 0 Å². The Balaban J connectivity index is 1.55. The first-order valence-corrected chi connectivity index (χ1v) is 7.29. The Hall–Kier alpha value is -1.84. The third kappa shape index (κ3) is 1.90.